The van der Waals surface area contributed by atoms with E-state index in [1.54, 1.807) is 20.8 Å². The Balaban J connectivity index is 2.06. The van der Waals surface area contributed by atoms with E-state index in [-0.39, 0.29) is 19.6 Å². The first-order valence-electron chi connectivity index (χ1n) is 8.04. The molecule has 134 valence electrons. The largest absolute Gasteiger partial charge is 0.459 e. The molecule has 1 aromatic carbocycles. The summed E-state index contributed by atoms with van der Waals surface area (Å²) in [6.07, 6.45) is -0.401. The van der Waals surface area contributed by atoms with Crippen molar-refractivity contribution >= 4 is 12.1 Å². The van der Waals surface area contributed by atoms with Crippen molar-refractivity contribution in [3.8, 4) is 0 Å². The smallest absolute Gasteiger partial charge is 0.411 e. The van der Waals surface area contributed by atoms with E-state index in [2.05, 4.69) is 10.0 Å². The average Bonchev–Trinajstić information content (AvgIpc) is 2.97. The molecule has 2 atom stereocenters. The van der Waals surface area contributed by atoms with Gasteiger partial charge in [0.25, 0.3) is 0 Å². The highest BCUT2D eigenvalue weighted by Crippen LogP contribution is 2.24. The van der Waals surface area contributed by atoms with Gasteiger partial charge in [-0.25, -0.2) is 9.59 Å². The first-order chi connectivity index (χ1) is 11.8. The average molecular weight is 346 g/mol. The standard InChI is InChI=1S/C17H22N4O4/c1-17(2,3)25-16(23)21-10-13(19-20-18)9-14(21)15(22)24-11-12-7-5-4-6-8-12/h4-8,13-14H,9-11H2,1-3H3/t13-,14-/m0/s1. The Bertz CT molecular complexity index is 665. The van der Waals surface area contributed by atoms with E-state index in [1.807, 2.05) is 30.3 Å². The maximum absolute atomic E-state index is 12.4. The fourth-order valence-corrected chi connectivity index (χ4v) is 2.54. The number of hydrogen-bond acceptors (Lipinski definition) is 5. The maximum Gasteiger partial charge on any atom is 0.411 e. The third-order valence-electron chi connectivity index (χ3n) is 3.62. The molecule has 2 rings (SSSR count). The Morgan fingerprint density at radius 2 is 2.00 bits per heavy atom. The minimum atomic E-state index is -0.825. The number of rotatable bonds is 4. The normalized spacial score (nSPS) is 19.9. The summed E-state index contributed by atoms with van der Waals surface area (Å²) in [6, 6.07) is 7.96. The van der Waals surface area contributed by atoms with Crippen molar-refractivity contribution in [2.45, 2.75) is 51.5 Å². The summed E-state index contributed by atoms with van der Waals surface area (Å²) in [6.45, 7) is 5.48. The molecule has 1 saturated heterocycles. The molecule has 8 nitrogen and oxygen atoms in total. The van der Waals surface area contributed by atoms with Crippen LogP contribution in [0.15, 0.2) is 35.4 Å². The van der Waals surface area contributed by atoms with Gasteiger partial charge in [0.05, 0.1) is 6.04 Å². The lowest BCUT2D eigenvalue weighted by Gasteiger charge is -2.27. The van der Waals surface area contributed by atoms with Crippen LogP contribution in [0.25, 0.3) is 10.4 Å². The lowest BCUT2D eigenvalue weighted by Crippen LogP contribution is -2.44. The number of carbonyl (C=O) groups is 2. The monoisotopic (exact) mass is 346 g/mol. The quantitative estimate of drug-likeness (QED) is 0.360. The van der Waals surface area contributed by atoms with Gasteiger partial charge in [-0.1, -0.05) is 35.4 Å². The Kier molecular flexibility index (Phi) is 5.88. The van der Waals surface area contributed by atoms with Crippen molar-refractivity contribution in [1.82, 2.24) is 4.90 Å². The van der Waals surface area contributed by atoms with Crippen LogP contribution in [-0.4, -0.2) is 41.2 Å². The summed E-state index contributed by atoms with van der Waals surface area (Å²) >= 11 is 0. The molecule has 0 radical (unpaired) electrons. The highest BCUT2D eigenvalue weighted by Gasteiger charge is 2.42. The first kappa shape index (κ1) is 18.6. The predicted molar refractivity (Wildman–Crippen MR) is 90.5 cm³/mol. The Morgan fingerprint density at radius 3 is 2.60 bits per heavy atom. The number of hydrogen-bond donors (Lipinski definition) is 0. The fourth-order valence-electron chi connectivity index (χ4n) is 2.54. The van der Waals surface area contributed by atoms with E-state index < -0.39 is 29.7 Å². The highest BCUT2D eigenvalue weighted by atomic mass is 16.6. The van der Waals surface area contributed by atoms with Crippen molar-refractivity contribution in [2.75, 3.05) is 6.54 Å². The summed E-state index contributed by atoms with van der Waals surface area (Å²) in [7, 11) is 0. The summed E-state index contributed by atoms with van der Waals surface area (Å²) in [4.78, 5) is 28.8. The molecule has 1 heterocycles. The Labute approximate surface area is 146 Å². The van der Waals surface area contributed by atoms with Crippen LogP contribution in [0.4, 0.5) is 4.79 Å². The van der Waals surface area contributed by atoms with Crippen molar-refractivity contribution in [1.29, 1.82) is 0 Å². The third-order valence-corrected chi connectivity index (χ3v) is 3.62. The maximum atomic E-state index is 12.4. The van der Waals surface area contributed by atoms with Crippen LogP contribution in [0.3, 0.4) is 0 Å². The van der Waals surface area contributed by atoms with Gasteiger partial charge >= 0.3 is 12.1 Å². The van der Waals surface area contributed by atoms with Gasteiger partial charge in [0, 0.05) is 11.5 Å². The number of nitrogens with zero attached hydrogens (tertiary/aromatic N) is 4. The fraction of sp³-hybridized carbons (Fsp3) is 0.529. The number of azide groups is 1. The molecule has 0 N–H and O–H groups in total. The van der Waals surface area contributed by atoms with Crippen LogP contribution in [-0.2, 0) is 20.9 Å². The Morgan fingerprint density at radius 1 is 1.32 bits per heavy atom. The van der Waals surface area contributed by atoms with Crippen LogP contribution >= 0.6 is 0 Å². The molecule has 0 aliphatic carbocycles. The number of likely N-dealkylation sites (tertiary alicyclic amines) is 1. The lowest BCUT2D eigenvalue weighted by atomic mass is 10.2. The number of carbonyl (C=O) groups excluding carboxylic acids is 2. The van der Waals surface area contributed by atoms with Crippen LogP contribution in [0.2, 0.25) is 0 Å². The molecule has 0 aromatic heterocycles. The molecule has 8 heteroatoms. The number of ether oxygens (including phenoxy) is 2. The summed E-state index contributed by atoms with van der Waals surface area (Å²) < 4.78 is 10.7. The summed E-state index contributed by atoms with van der Waals surface area (Å²) in [5.74, 6) is -0.537. The van der Waals surface area contributed by atoms with E-state index in [4.69, 9.17) is 15.0 Å². The molecule has 1 fully saturated rings. The van der Waals surface area contributed by atoms with Crippen LogP contribution in [0, 0.1) is 0 Å². The lowest BCUT2D eigenvalue weighted by molar-refractivity contribution is -0.150. The van der Waals surface area contributed by atoms with Gasteiger partial charge in [0.2, 0.25) is 0 Å². The molecule has 1 aliphatic heterocycles. The van der Waals surface area contributed by atoms with E-state index in [0.29, 0.717) is 0 Å². The molecule has 1 aromatic rings. The van der Waals surface area contributed by atoms with E-state index in [9.17, 15) is 9.59 Å². The van der Waals surface area contributed by atoms with E-state index >= 15 is 0 Å². The number of esters is 1. The molecule has 0 saturated carbocycles. The molecular formula is C17H22N4O4. The second-order valence-electron chi connectivity index (χ2n) is 6.84. The van der Waals surface area contributed by atoms with Gasteiger partial charge in [-0.05, 0) is 38.3 Å². The van der Waals surface area contributed by atoms with Gasteiger partial charge in [-0.2, -0.15) is 0 Å². The minimum Gasteiger partial charge on any atom is -0.459 e. The summed E-state index contributed by atoms with van der Waals surface area (Å²) in [5.41, 5.74) is 8.79. The third kappa shape index (κ3) is 5.39. The molecule has 1 amide bonds. The number of amides is 1. The van der Waals surface area contributed by atoms with Gasteiger partial charge < -0.3 is 9.47 Å². The highest BCUT2D eigenvalue weighted by molar-refractivity contribution is 5.82. The second kappa shape index (κ2) is 7.90. The molecule has 25 heavy (non-hydrogen) atoms. The Hall–Kier alpha value is -2.73. The van der Waals surface area contributed by atoms with Crippen molar-refractivity contribution < 1.29 is 19.1 Å². The van der Waals surface area contributed by atoms with Crippen LogP contribution in [0.1, 0.15) is 32.8 Å². The van der Waals surface area contributed by atoms with Crippen molar-refractivity contribution in [3.63, 3.8) is 0 Å². The zero-order valence-corrected chi connectivity index (χ0v) is 14.6. The van der Waals surface area contributed by atoms with E-state index in [0.717, 1.165) is 5.56 Å². The molecule has 0 spiro atoms. The predicted octanol–water partition coefficient (Wildman–Crippen LogP) is 3.42. The molecule has 0 unspecified atom stereocenters. The van der Waals surface area contributed by atoms with E-state index in [1.165, 1.54) is 4.90 Å². The van der Waals surface area contributed by atoms with Gasteiger partial charge in [0.1, 0.15) is 18.2 Å². The van der Waals surface area contributed by atoms with Crippen LogP contribution in [0.5, 0.6) is 0 Å². The molecular weight excluding hydrogens is 324 g/mol. The minimum absolute atomic E-state index is 0.116. The van der Waals surface area contributed by atoms with Crippen molar-refractivity contribution in [3.05, 3.63) is 46.3 Å². The van der Waals surface area contributed by atoms with Gasteiger partial charge in [-0.15, -0.1) is 0 Å². The second-order valence-corrected chi connectivity index (χ2v) is 6.84. The molecule has 1 aliphatic rings. The van der Waals surface area contributed by atoms with Gasteiger partial charge in [-0.3, -0.25) is 4.90 Å². The van der Waals surface area contributed by atoms with Crippen molar-refractivity contribution in [2.24, 2.45) is 5.11 Å². The topological polar surface area (TPSA) is 105 Å². The summed E-state index contributed by atoms with van der Waals surface area (Å²) in [5, 5.41) is 3.63. The van der Waals surface area contributed by atoms with Crippen LogP contribution < -0.4 is 0 Å². The first-order valence-corrected chi connectivity index (χ1v) is 8.04. The SMILES string of the molecule is CC(C)(C)OC(=O)N1C[C@@H](N=[N+]=[N-])C[C@H]1C(=O)OCc1ccccc1. The zero-order chi connectivity index (χ0) is 18.4. The number of benzene rings is 1. The molecule has 0 bridgehead atoms. The van der Waals surface area contributed by atoms with Gasteiger partial charge in [0.15, 0.2) is 0 Å². The zero-order valence-electron chi connectivity index (χ0n) is 14.6.